The second-order valence-corrected chi connectivity index (χ2v) is 3.96. The monoisotopic (exact) mass is 285 g/mol. The first-order valence-corrected chi connectivity index (χ1v) is 5.87. The van der Waals surface area contributed by atoms with Crippen molar-refractivity contribution in [3.8, 4) is 11.6 Å². The lowest BCUT2D eigenvalue weighted by atomic mass is 10.3. The number of rotatable bonds is 4. The van der Waals surface area contributed by atoms with E-state index in [0.717, 1.165) is 12.1 Å². The standard InChI is InChI=1S/C12H10ClF2N3O/c1-2-16-12-17-6-8(13)11(18-12)19-7-3-4-9(14)10(15)5-7/h3-6H,2H2,1H3,(H,16,17,18). The average Bonchev–Trinajstić information content (AvgIpc) is 2.38. The van der Waals surface area contributed by atoms with Crippen LogP contribution in [-0.2, 0) is 0 Å². The van der Waals surface area contributed by atoms with Crippen molar-refractivity contribution in [2.24, 2.45) is 0 Å². The smallest absolute Gasteiger partial charge is 0.243 e. The molecule has 0 fully saturated rings. The highest BCUT2D eigenvalue weighted by molar-refractivity contribution is 6.31. The van der Waals surface area contributed by atoms with E-state index in [9.17, 15) is 8.78 Å². The van der Waals surface area contributed by atoms with E-state index in [1.54, 1.807) is 0 Å². The van der Waals surface area contributed by atoms with Crippen LogP contribution in [0.3, 0.4) is 0 Å². The molecule has 0 amide bonds. The first kappa shape index (κ1) is 13.5. The summed E-state index contributed by atoms with van der Waals surface area (Å²) in [4.78, 5) is 7.95. The molecule has 0 saturated carbocycles. The predicted molar refractivity (Wildman–Crippen MR) is 67.6 cm³/mol. The van der Waals surface area contributed by atoms with Gasteiger partial charge in [-0.3, -0.25) is 0 Å². The summed E-state index contributed by atoms with van der Waals surface area (Å²) in [5.41, 5.74) is 0. The van der Waals surface area contributed by atoms with E-state index in [-0.39, 0.29) is 16.7 Å². The van der Waals surface area contributed by atoms with Gasteiger partial charge in [0, 0.05) is 12.6 Å². The minimum Gasteiger partial charge on any atom is -0.437 e. The maximum atomic E-state index is 13.0. The van der Waals surface area contributed by atoms with Crippen molar-refractivity contribution < 1.29 is 13.5 Å². The molecule has 0 saturated heterocycles. The Kier molecular flexibility index (Phi) is 4.11. The first-order chi connectivity index (χ1) is 9.10. The summed E-state index contributed by atoms with van der Waals surface area (Å²) >= 11 is 5.87. The maximum Gasteiger partial charge on any atom is 0.243 e. The Hall–Kier alpha value is -1.95. The van der Waals surface area contributed by atoms with E-state index in [1.807, 2.05) is 6.92 Å². The second kappa shape index (κ2) is 5.79. The van der Waals surface area contributed by atoms with Crippen LogP contribution in [0.4, 0.5) is 14.7 Å². The molecule has 1 aromatic heterocycles. The van der Waals surface area contributed by atoms with Crippen LogP contribution in [0.25, 0.3) is 0 Å². The molecule has 1 N–H and O–H groups in total. The van der Waals surface area contributed by atoms with Crippen LogP contribution < -0.4 is 10.1 Å². The van der Waals surface area contributed by atoms with Crippen LogP contribution in [0.2, 0.25) is 5.02 Å². The molecule has 2 rings (SSSR count). The normalized spacial score (nSPS) is 10.3. The van der Waals surface area contributed by atoms with Gasteiger partial charge in [0.15, 0.2) is 11.6 Å². The highest BCUT2D eigenvalue weighted by atomic mass is 35.5. The van der Waals surface area contributed by atoms with Crippen molar-refractivity contribution in [3.63, 3.8) is 0 Å². The Bertz CT molecular complexity index is 595. The van der Waals surface area contributed by atoms with Crippen molar-refractivity contribution in [3.05, 3.63) is 41.1 Å². The first-order valence-electron chi connectivity index (χ1n) is 5.49. The maximum absolute atomic E-state index is 13.0. The predicted octanol–water partition coefficient (Wildman–Crippen LogP) is 3.63. The number of hydrogen-bond donors (Lipinski definition) is 1. The van der Waals surface area contributed by atoms with Crippen molar-refractivity contribution in [1.82, 2.24) is 9.97 Å². The average molecular weight is 286 g/mol. The number of halogens is 3. The summed E-state index contributed by atoms with van der Waals surface area (Å²) in [5, 5.41) is 3.06. The molecule has 0 aliphatic rings. The summed E-state index contributed by atoms with van der Waals surface area (Å²) in [5.74, 6) is -1.45. The third kappa shape index (κ3) is 3.29. The number of benzene rings is 1. The minimum absolute atomic E-state index is 0.0682. The molecular weight excluding hydrogens is 276 g/mol. The number of nitrogens with one attached hydrogen (secondary N) is 1. The SMILES string of the molecule is CCNc1ncc(Cl)c(Oc2ccc(F)c(F)c2)n1. The Morgan fingerprint density at radius 2 is 2.11 bits per heavy atom. The van der Waals surface area contributed by atoms with Gasteiger partial charge in [-0.05, 0) is 19.1 Å². The molecule has 0 aliphatic heterocycles. The summed E-state index contributed by atoms with van der Waals surface area (Å²) in [6.07, 6.45) is 1.36. The van der Waals surface area contributed by atoms with Gasteiger partial charge < -0.3 is 10.1 Å². The van der Waals surface area contributed by atoms with Crippen molar-refractivity contribution >= 4 is 17.5 Å². The van der Waals surface area contributed by atoms with Crippen molar-refractivity contribution in [2.45, 2.75) is 6.92 Å². The molecule has 0 bridgehead atoms. The molecule has 19 heavy (non-hydrogen) atoms. The number of anilines is 1. The third-order valence-corrected chi connectivity index (χ3v) is 2.41. The Labute approximate surface area is 113 Å². The van der Waals surface area contributed by atoms with E-state index < -0.39 is 11.6 Å². The van der Waals surface area contributed by atoms with Crippen LogP contribution in [0.5, 0.6) is 11.6 Å². The Balaban J connectivity index is 2.26. The molecule has 2 aromatic rings. The highest BCUT2D eigenvalue weighted by Gasteiger charge is 2.09. The zero-order valence-electron chi connectivity index (χ0n) is 9.95. The van der Waals surface area contributed by atoms with Crippen LogP contribution >= 0.6 is 11.6 Å². The van der Waals surface area contributed by atoms with Gasteiger partial charge in [-0.15, -0.1) is 0 Å². The zero-order chi connectivity index (χ0) is 13.8. The van der Waals surface area contributed by atoms with E-state index in [2.05, 4.69) is 15.3 Å². The van der Waals surface area contributed by atoms with Gasteiger partial charge >= 0.3 is 0 Å². The molecular formula is C12H10ClF2N3O. The van der Waals surface area contributed by atoms with Gasteiger partial charge in [0.05, 0.1) is 6.20 Å². The number of hydrogen-bond acceptors (Lipinski definition) is 4. The molecule has 1 aromatic carbocycles. The molecule has 0 aliphatic carbocycles. The van der Waals surface area contributed by atoms with Crippen molar-refractivity contribution in [2.75, 3.05) is 11.9 Å². The molecule has 0 spiro atoms. The van der Waals surface area contributed by atoms with Gasteiger partial charge in [0.25, 0.3) is 0 Å². The quantitative estimate of drug-likeness (QED) is 0.932. The van der Waals surface area contributed by atoms with E-state index in [0.29, 0.717) is 12.5 Å². The largest absolute Gasteiger partial charge is 0.437 e. The third-order valence-electron chi connectivity index (χ3n) is 2.15. The fourth-order valence-electron chi connectivity index (χ4n) is 1.32. The topological polar surface area (TPSA) is 47.0 Å². The summed E-state index contributed by atoms with van der Waals surface area (Å²) < 4.78 is 31.1. The van der Waals surface area contributed by atoms with Gasteiger partial charge in [-0.2, -0.15) is 4.98 Å². The van der Waals surface area contributed by atoms with Crippen LogP contribution in [0.1, 0.15) is 6.92 Å². The van der Waals surface area contributed by atoms with E-state index >= 15 is 0 Å². The molecule has 4 nitrogen and oxygen atoms in total. The lowest BCUT2D eigenvalue weighted by Crippen LogP contribution is -2.03. The molecule has 0 radical (unpaired) electrons. The molecule has 0 unspecified atom stereocenters. The summed E-state index contributed by atoms with van der Waals surface area (Å²) in [6, 6.07) is 3.16. The second-order valence-electron chi connectivity index (χ2n) is 3.56. The highest BCUT2D eigenvalue weighted by Crippen LogP contribution is 2.28. The Morgan fingerprint density at radius 3 is 2.79 bits per heavy atom. The van der Waals surface area contributed by atoms with Gasteiger partial charge in [0.1, 0.15) is 10.8 Å². The zero-order valence-corrected chi connectivity index (χ0v) is 10.7. The van der Waals surface area contributed by atoms with Gasteiger partial charge in [-0.25, -0.2) is 13.8 Å². The van der Waals surface area contributed by atoms with Crippen LogP contribution in [0, 0.1) is 11.6 Å². The molecule has 0 atom stereocenters. The number of ether oxygens (including phenoxy) is 1. The fraction of sp³-hybridized carbons (Fsp3) is 0.167. The van der Waals surface area contributed by atoms with Gasteiger partial charge in [-0.1, -0.05) is 11.6 Å². The van der Waals surface area contributed by atoms with Crippen molar-refractivity contribution in [1.29, 1.82) is 0 Å². The molecule has 1 heterocycles. The van der Waals surface area contributed by atoms with Gasteiger partial charge in [0.2, 0.25) is 11.8 Å². The fourth-order valence-corrected chi connectivity index (χ4v) is 1.45. The molecule has 100 valence electrons. The lowest BCUT2D eigenvalue weighted by molar-refractivity contribution is 0.447. The van der Waals surface area contributed by atoms with E-state index in [1.165, 1.54) is 12.3 Å². The summed E-state index contributed by atoms with van der Waals surface area (Å²) in [6.45, 7) is 2.51. The number of aromatic nitrogens is 2. The van der Waals surface area contributed by atoms with Crippen LogP contribution in [0.15, 0.2) is 24.4 Å². The Morgan fingerprint density at radius 1 is 1.32 bits per heavy atom. The minimum atomic E-state index is -1.01. The lowest BCUT2D eigenvalue weighted by Gasteiger charge is -2.08. The molecule has 7 heteroatoms. The number of nitrogens with zero attached hydrogens (tertiary/aromatic N) is 2. The summed E-state index contributed by atoms with van der Waals surface area (Å²) in [7, 11) is 0. The van der Waals surface area contributed by atoms with Crippen LogP contribution in [-0.4, -0.2) is 16.5 Å². The van der Waals surface area contributed by atoms with E-state index in [4.69, 9.17) is 16.3 Å².